The van der Waals surface area contributed by atoms with Crippen molar-refractivity contribution in [2.75, 3.05) is 20.7 Å². The Labute approximate surface area is 137 Å². The molecule has 0 unspecified atom stereocenters. The Kier molecular flexibility index (Phi) is 7.45. The molecule has 0 aliphatic carbocycles. The zero-order valence-corrected chi connectivity index (χ0v) is 14.3. The van der Waals surface area contributed by atoms with Crippen molar-refractivity contribution in [1.82, 2.24) is 4.90 Å². The number of ketones is 1. The van der Waals surface area contributed by atoms with Crippen LogP contribution in [0.15, 0.2) is 18.2 Å². The van der Waals surface area contributed by atoms with Crippen molar-refractivity contribution in [1.29, 1.82) is 0 Å². The number of carbonyl (C=O) groups is 3. The molecule has 126 valence electrons. The highest BCUT2D eigenvalue weighted by Crippen LogP contribution is 2.13. The number of ether oxygens (including phenoxy) is 1. The second kappa shape index (κ2) is 9.08. The van der Waals surface area contributed by atoms with Crippen molar-refractivity contribution in [3.8, 4) is 0 Å². The quantitative estimate of drug-likeness (QED) is 0.546. The van der Waals surface area contributed by atoms with Crippen LogP contribution in [0.4, 0.5) is 0 Å². The molecule has 1 aromatic carbocycles. The Balaban J connectivity index is 2.40. The lowest BCUT2D eigenvalue weighted by atomic mass is 10.0. The molecular formula is C18H25NO4. The lowest BCUT2D eigenvalue weighted by molar-refractivity contribution is -0.141. The van der Waals surface area contributed by atoms with E-state index in [2.05, 4.69) is 4.74 Å². The number of rotatable bonds is 8. The molecule has 0 atom stereocenters. The minimum absolute atomic E-state index is 0.0237. The van der Waals surface area contributed by atoms with Gasteiger partial charge < -0.3 is 9.64 Å². The third kappa shape index (κ3) is 6.22. The topological polar surface area (TPSA) is 63.7 Å². The van der Waals surface area contributed by atoms with Gasteiger partial charge >= 0.3 is 5.97 Å². The van der Waals surface area contributed by atoms with Gasteiger partial charge in [-0.1, -0.05) is 12.1 Å². The Morgan fingerprint density at radius 2 is 1.74 bits per heavy atom. The molecular weight excluding hydrogens is 294 g/mol. The SMILES string of the molecule is COC(=O)CCCN(C)C(=O)CCC(=O)c1ccc(C)c(C)c1. The van der Waals surface area contributed by atoms with Crippen molar-refractivity contribution in [2.24, 2.45) is 0 Å². The molecule has 0 N–H and O–H groups in total. The number of nitrogens with zero attached hydrogens (tertiary/aromatic N) is 1. The molecule has 0 aliphatic rings. The Morgan fingerprint density at radius 3 is 2.35 bits per heavy atom. The Hall–Kier alpha value is -2.17. The third-order valence-electron chi connectivity index (χ3n) is 3.92. The fourth-order valence-electron chi connectivity index (χ4n) is 2.16. The predicted molar refractivity (Wildman–Crippen MR) is 88.4 cm³/mol. The smallest absolute Gasteiger partial charge is 0.305 e. The third-order valence-corrected chi connectivity index (χ3v) is 3.92. The van der Waals surface area contributed by atoms with Gasteiger partial charge in [-0.05, 0) is 37.5 Å². The van der Waals surface area contributed by atoms with Crippen LogP contribution in [0.5, 0.6) is 0 Å². The van der Waals surface area contributed by atoms with E-state index in [0.29, 0.717) is 18.5 Å². The Bertz CT molecular complexity index is 580. The van der Waals surface area contributed by atoms with Gasteiger partial charge in [0.25, 0.3) is 0 Å². The van der Waals surface area contributed by atoms with Crippen molar-refractivity contribution >= 4 is 17.7 Å². The van der Waals surface area contributed by atoms with Gasteiger partial charge in [0, 0.05) is 38.4 Å². The van der Waals surface area contributed by atoms with Crippen molar-refractivity contribution < 1.29 is 19.1 Å². The molecule has 23 heavy (non-hydrogen) atoms. The number of hydrogen-bond acceptors (Lipinski definition) is 4. The average Bonchev–Trinajstić information content (AvgIpc) is 2.54. The first kappa shape index (κ1) is 18.9. The van der Waals surface area contributed by atoms with Gasteiger partial charge in [0.05, 0.1) is 7.11 Å². The number of amides is 1. The van der Waals surface area contributed by atoms with E-state index in [-0.39, 0.29) is 36.9 Å². The Morgan fingerprint density at radius 1 is 1.04 bits per heavy atom. The van der Waals surface area contributed by atoms with Crippen LogP contribution < -0.4 is 0 Å². The highest BCUT2D eigenvalue weighted by atomic mass is 16.5. The van der Waals surface area contributed by atoms with E-state index in [1.54, 1.807) is 18.0 Å². The van der Waals surface area contributed by atoms with E-state index in [9.17, 15) is 14.4 Å². The van der Waals surface area contributed by atoms with Crippen molar-refractivity contribution in [3.63, 3.8) is 0 Å². The van der Waals surface area contributed by atoms with E-state index in [1.807, 2.05) is 26.0 Å². The van der Waals surface area contributed by atoms with E-state index in [1.165, 1.54) is 7.11 Å². The maximum Gasteiger partial charge on any atom is 0.305 e. The molecule has 0 saturated carbocycles. The number of carbonyl (C=O) groups excluding carboxylic acids is 3. The monoisotopic (exact) mass is 319 g/mol. The molecule has 1 aromatic rings. The summed E-state index contributed by atoms with van der Waals surface area (Å²) < 4.78 is 4.55. The van der Waals surface area contributed by atoms with Crippen LogP contribution in [-0.2, 0) is 14.3 Å². The van der Waals surface area contributed by atoms with Gasteiger partial charge in [0.1, 0.15) is 0 Å². The number of methoxy groups -OCH3 is 1. The molecule has 0 bridgehead atoms. The van der Waals surface area contributed by atoms with Gasteiger partial charge in [-0.2, -0.15) is 0 Å². The summed E-state index contributed by atoms with van der Waals surface area (Å²) in [4.78, 5) is 36.7. The van der Waals surface area contributed by atoms with Crippen molar-refractivity contribution in [2.45, 2.75) is 39.5 Å². The molecule has 5 heteroatoms. The summed E-state index contributed by atoms with van der Waals surface area (Å²) in [5, 5.41) is 0. The van der Waals surface area contributed by atoms with E-state index >= 15 is 0 Å². The molecule has 1 amide bonds. The molecule has 0 aliphatic heterocycles. The second-order valence-electron chi connectivity index (χ2n) is 5.72. The molecule has 0 spiro atoms. The number of esters is 1. The van der Waals surface area contributed by atoms with Crippen LogP contribution in [0.25, 0.3) is 0 Å². The summed E-state index contributed by atoms with van der Waals surface area (Å²) in [6, 6.07) is 5.58. The molecule has 0 radical (unpaired) electrons. The number of hydrogen-bond donors (Lipinski definition) is 0. The number of Topliss-reactive ketones (excluding diaryl/α,β-unsaturated/α-hetero) is 1. The number of aryl methyl sites for hydroxylation is 2. The predicted octanol–water partition coefficient (Wildman–Crippen LogP) is 2.68. The van der Waals surface area contributed by atoms with Gasteiger partial charge in [0.2, 0.25) is 5.91 Å². The van der Waals surface area contributed by atoms with E-state index in [4.69, 9.17) is 0 Å². The minimum atomic E-state index is -0.282. The largest absolute Gasteiger partial charge is 0.469 e. The van der Waals surface area contributed by atoms with Gasteiger partial charge in [-0.15, -0.1) is 0 Å². The van der Waals surface area contributed by atoms with Crippen LogP contribution in [0.2, 0.25) is 0 Å². The molecule has 0 aromatic heterocycles. The molecule has 0 fully saturated rings. The van der Waals surface area contributed by atoms with E-state index < -0.39 is 0 Å². The van der Waals surface area contributed by atoms with Crippen LogP contribution in [0.3, 0.4) is 0 Å². The zero-order chi connectivity index (χ0) is 17.4. The van der Waals surface area contributed by atoms with Gasteiger partial charge in [-0.3, -0.25) is 14.4 Å². The average molecular weight is 319 g/mol. The summed E-state index contributed by atoms with van der Waals surface area (Å²) in [5.41, 5.74) is 2.86. The molecule has 5 nitrogen and oxygen atoms in total. The first-order valence-corrected chi connectivity index (χ1v) is 7.76. The summed E-state index contributed by atoms with van der Waals surface area (Å²) in [7, 11) is 3.02. The summed E-state index contributed by atoms with van der Waals surface area (Å²) in [6.45, 7) is 4.44. The highest BCUT2D eigenvalue weighted by Gasteiger charge is 2.13. The second-order valence-corrected chi connectivity index (χ2v) is 5.72. The van der Waals surface area contributed by atoms with Gasteiger partial charge in [-0.25, -0.2) is 0 Å². The lowest BCUT2D eigenvalue weighted by Gasteiger charge is -2.16. The molecule has 0 heterocycles. The van der Waals surface area contributed by atoms with Crippen molar-refractivity contribution in [3.05, 3.63) is 34.9 Å². The standard InChI is InChI=1S/C18H25NO4/c1-13-7-8-15(12-14(13)2)16(20)9-10-17(21)19(3)11-5-6-18(22)23-4/h7-8,12H,5-6,9-11H2,1-4H3. The molecule has 1 rings (SSSR count). The van der Waals surface area contributed by atoms with Crippen LogP contribution in [0.1, 0.15) is 47.2 Å². The minimum Gasteiger partial charge on any atom is -0.469 e. The first-order chi connectivity index (χ1) is 10.8. The fourth-order valence-corrected chi connectivity index (χ4v) is 2.16. The van der Waals surface area contributed by atoms with E-state index in [0.717, 1.165) is 11.1 Å². The lowest BCUT2D eigenvalue weighted by Crippen LogP contribution is -2.28. The summed E-state index contributed by atoms with van der Waals surface area (Å²) in [6.07, 6.45) is 1.22. The fraction of sp³-hybridized carbons (Fsp3) is 0.500. The summed E-state index contributed by atoms with van der Waals surface area (Å²) in [5.74, 6) is -0.396. The zero-order valence-electron chi connectivity index (χ0n) is 14.3. The first-order valence-electron chi connectivity index (χ1n) is 7.76. The maximum absolute atomic E-state index is 12.1. The maximum atomic E-state index is 12.1. The normalized spacial score (nSPS) is 10.3. The molecule has 0 saturated heterocycles. The van der Waals surface area contributed by atoms with Gasteiger partial charge in [0.15, 0.2) is 5.78 Å². The number of benzene rings is 1. The van der Waals surface area contributed by atoms with Crippen LogP contribution in [-0.4, -0.2) is 43.3 Å². The summed E-state index contributed by atoms with van der Waals surface area (Å²) >= 11 is 0. The van der Waals surface area contributed by atoms with Crippen LogP contribution >= 0.6 is 0 Å². The highest BCUT2D eigenvalue weighted by molar-refractivity contribution is 5.98. The van der Waals surface area contributed by atoms with Crippen LogP contribution in [0, 0.1) is 13.8 Å².